The predicted molar refractivity (Wildman–Crippen MR) is 84.2 cm³/mol. The van der Waals surface area contributed by atoms with Gasteiger partial charge in [0.15, 0.2) is 6.61 Å². The molecule has 0 saturated carbocycles. The summed E-state index contributed by atoms with van der Waals surface area (Å²) in [5.41, 5.74) is -0.0458. The number of amides is 1. The van der Waals surface area contributed by atoms with Gasteiger partial charge in [-0.2, -0.15) is 0 Å². The van der Waals surface area contributed by atoms with E-state index >= 15 is 0 Å². The minimum Gasteiger partial charge on any atom is -0.452 e. The second kappa shape index (κ2) is 7.87. The van der Waals surface area contributed by atoms with E-state index in [2.05, 4.69) is 5.32 Å². The van der Waals surface area contributed by atoms with E-state index in [0.717, 1.165) is 0 Å². The van der Waals surface area contributed by atoms with Crippen molar-refractivity contribution < 1.29 is 14.3 Å². The van der Waals surface area contributed by atoms with E-state index in [-0.39, 0.29) is 38.5 Å². The minimum absolute atomic E-state index is 0.00474. The first kappa shape index (κ1) is 18.1. The number of carbonyl (C=O) groups is 2. The van der Waals surface area contributed by atoms with Crippen LogP contribution in [0.25, 0.3) is 0 Å². The number of rotatable bonds is 5. The van der Waals surface area contributed by atoms with Crippen molar-refractivity contribution >= 4 is 46.7 Å². The van der Waals surface area contributed by atoms with Crippen LogP contribution in [0.5, 0.6) is 0 Å². The molecule has 0 aliphatic heterocycles. The molecule has 1 amide bonds. The van der Waals surface area contributed by atoms with Crippen LogP contribution in [0.4, 0.5) is 0 Å². The van der Waals surface area contributed by atoms with Crippen LogP contribution in [-0.2, 0) is 9.53 Å². The van der Waals surface area contributed by atoms with E-state index in [4.69, 9.17) is 39.5 Å². The van der Waals surface area contributed by atoms with Crippen molar-refractivity contribution in [2.45, 2.75) is 26.8 Å². The molecule has 0 fully saturated rings. The Morgan fingerprint density at radius 3 is 2.29 bits per heavy atom. The molecule has 0 aliphatic rings. The molecule has 0 aliphatic carbocycles. The Labute approximate surface area is 138 Å². The molecule has 0 radical (unpaired) electrons. The van der Waals surface area contributed by atoms with Crippen molar-refractivity contribution in [3.63, 3.8) is 0 Å². The smallest absolute Gasteiger partial charge is 0.341 e. The maximum atomic E-state index is 11.9. The van der Waals surface area contributed by atoms with E-state index in [0.29, 0.717) is 0 Å². The molecule has 1 aromatic carbocycles. The molecule has 0 saturated heterocycles. The minimum atomic E-state index is -0.792. The third-order valence-electron chi connectivity index (χ3n) is 2.97. The third kappa shape index (κ3) is 5.06. The lowest BCUT2D eigenvalue weighted by Crippen LogP contribution is -2.38. The Morgan fingerprint density at radius 2 is 1.71 bits per heavy atom. The van der Waals surface area contributed by atoms with Gasteiger partial charge < -0.3 is 10.1 Å². The molecule has 1 rings (SSSR count). The predicted octanol–water partition coefficient (Wildman–Crippen LogP) is 3.96. The fourth-order valence-electron chi connectivity index (χ4n) is 1.38. The van der Waals surface area contributed by atoms with Gasteiger partial charge in [-0.15, -0.1) is 0 Å². The van der Waals surface area contributed by atoms with Crippen LogP contribution >= 0.6 is 34.8 Å². The SMILES string of the molecule is CC(C)[C@H](C)NC(=O)COC(=O)c1c(Cl)ccc(Cl)c1Cl. The van der Waals surface area contributed by atoms with E-state index < -0.39 is 12.6 Å². The lowest BCUT2D eigenvalue weighted by atomic mass is 10.1. The fourth-order valence-corrected chi connectivity index (χ4v) is 2.06. The Kier molecular flexibility index (Phi) is 6.78. The fraction of sp³-hybridized carbons (Fsp3) is 0.429. The first-order valence-electron chi connectivity index (χ1n) is 6.34. The summed E-state index contributed by atoms with van der Waals surface area (Å²) in [4.78, 5) is 23.6. The average molecular weight is 353 g/mol. The number of ether oxygens (including phenoxy) is 1. The molecular weight excluding hydrogens is 337 g/mol. The number of carbonyl (C=O) groups excluding carboxylic acids is 2. The molecule has 4 nitrogen and oxygen atoms in total. The highest BCUT2D eigenvalue weighted by Gasteiger charge is 2.20. The summed E-state index contributed by atoms with van der Waals surface area (Å²) in [7, 11) is 0. The number of hydrogen-bond acceptors (Lipinski definition) is 3. The van der Waals surface area contributed by atoms with Gasteiger partial charge in [-0.05, 0) is 25.0 Å². The quantitative estimate of drug-likeness (QED) is 0.644. The Hall–Kier alpha value is -0.970. The van der Waals surface area contributed by atoms with Gasteiger partial charge in [0, 0.05) is 6.04 Å². The second-order valence-electron chi connectivity index (χ2n) is 4.89. The molecule has 7 heteroatoms. The Bertz CT molecular complexity index is 547. The van der Waals surface area contributed by atoms with Gasteiger partial charge in [0.05, 0.1) is 20.6 Å². The first-order chi connectivity index (χ1) is 9.73. The lowest BCUT2D eigenvalue weighted by Gasteiger charge is -2.17. The van der Waals surface area contributed by atoms with Gasteiger partial charge in [0.1, 0.15) is 0 Å². The van der Waals surface area contributed by atoms with Gasteiger partial charge in [-0.1, -0.05) is 48.7 Å². The largest absolute Gasteiger partial charge is 0.452 e. The van der Waals surface area contributed by atoms with E-state index in [1.165, 1.54) is 12.1 Å². The first-order valence-corrected chi connectivity index (χ1v) is 7.47. The summed E-state index contributed by atoms with van der Waals surface area (Å²) >= 11 is 17.6. The summed E-state index contributed by atoms with van der Waals surface area (Å²) in [6, 6.07) is 2.89. The van der Waals surface area contributed by atoms with Gasteiger partial charge in [-0.25, -0.2) is 4.79 Å². The van der Waals surface area contributed by atoms with Crippen molar-refractivity contribution in [3.05, 3.63) is 32.8 Å². The highest BCUT2D eigenvalue weighted by Crippen LogP contribution is 2.31. The average Bonchev–Trinajstić information content (AvgIpc) is 2.41. The van der Waals surface area contributed by atoms with Crippen molar-refractivity contribution in [1.82, 2.24) is 5.32 Å². The zero-order valence-corrected chi connectivity index (χ0v) is 14.1. The monoisotopic (exact) mass is 351 g/mol. The summed E-state index contributed by atoms with van der Waals surface area (Å²) in [6.07, 6.45) is 0. The highest BCUT2D eigenvalue weighted by atomic mass is 35.5. The molecule has 116 valence electrons. The zero-order chi connectivity index (χ0) is 16.2. The molecule has 0 bridgehead atoms. The maximum absolute atomic E-state index is 11.9. The number of hydrogen-bond donors (Lipinski definition) is 1. The summed E-state index contributed by atoms with van der Waals surface area (Å²) in [6.45, 7) is 5.41. The number of nitrogens with one attached hydrogen (secondary N) is 1. The summed E-state index contributed by atoms with van der Waals surface area (Å²) in [5, 5.41) is 3.03. The van der Waals surface area contributed by atoms with Gasteiger partial charge >= 0.3 is 5.97 Å². The molecule has 0 spiro atoms. The molecule has 1 N–H and O–H groups in total. The van der Waals surface area contributed by atoms with Crippen molar-refractivity contribution in [3.8, 4) is 0 Å². The molecule has 0 unspecified atom stereocenters. The maximum Gasteiger partial charge on any atom is 0.341 e. The third-order valence-corrected chi connectivity index (χ3v) is 4.09. The van der Waals surface area contributed by atoms with Crippen LogP contribution in [0.1, 0.15) is 31.1 Å². The Morgan fingerprint density at radius 1 is 1.14 bits per heavy atom. The molecule has 21 heavy (non-hydrogen) atoms. The van der Waals surface area contributed by atoms with Crippen LogP contribution in [0, 0.1) is 5.92 Å². The highest BCUT2D eigenvalue weighted by molar-refractivity contribution is 6.46. The van der Waals surface area contributed by atoms with Crippen LogP contribution in [0.15, 0.2) is 12.1 Å². The topological polar surface area (TPSA) is 55.4 Å². The van der Waals surface area contributed by atoms with Crippen molar-refractivity contribution in [1.29, 1.82) is 0 Å². The molecule has 1 atom stereocenters. The number of halogens is 3. The molecule has 1 aromatic rings. The standard InChI is InChI=1S/C14H16Cl3NO3/c1-7(2)8(3)18-11(19)6-21-14(20)12-9(15)4-5-10(16)13(12)17/h4-5,7-8H,6H2,1-3H3,(H,18,19)/t8-/m0/s1. The normalized spacial score (nSPS) is 12.1. The van der Waals surface area contributed by atoms with Gasteiger partial charge in [-0.3, -0.25) is 4.79 Å². The Balaban J connectivity index is 2.67. The summed E-state index contributed by atoms with van der Waals surface area (Å²) in [5.74, 6) is -0.903. The van der Waals surface area contributed by atoms with Crippen LogP contribution < -0.4 is 5.32 Å². The summed E-state index contributed by atoms with van der Waals surface area (Å²) < 4.78 is 4.91. The number of benzene rings is 1. The van der Waals surface area contributed by atoms with Crippen molar-refractivity contribution in [2.75, 3.05) is 6.61 Å². The van der Waals surface area contributed by atoms with E-state index in [1.807, 2.05) is 20.8 Å². The molecule has 0 aromatic heterocycles. The van der Waals surface area contributed by atoms with Crippen LogP contribution in [-0.4, -0.2) is 24.5 Å². The number of esters is 1. The zero-order valence-electron chi connectivity index (χ0n) is 11.9. The molecule has 0 heterocycles. The van der Waals surface area contributed by atoms with E-state index in [1.54, 1.807) is 0 Å². The van der Waals surface area contributed by atoms with Crippen molar-refractivity contribution in [2.24, 2.45) is 5.92 Å². The second-order valence-corrected chi connectivity index (χ2v) is 6.09. The van der Waals surface area contributed by atoms with Gasteiger partial charge in [0.25, 0.3) is 5.91 Å². The van der Waals surface area contributed by atoms with Gasteiger partial charge in [0.2, 0.25) is 0 Å². The van der Waals surface area contributed by atoms with E-state index in [9.17, 15) is 9.59 Å². The van der Waals surface area contributed by atoms with Crippen LogP contribution in [0.3, 0.4) is 0 Å². The lowest BCUT2D eigenvalue weighted by molar-refractivity contribution is -0.125. The van der Waals surface area contributed by atoms with Crippen LogP contribution in [0.2, 0.25) is 15.1 Å². The molecular formula is C14H16Cl3NO3.